The lowest BCUT2D eigenvalue weighted by atomic mass is 9.91. The lowest BCUT2D eigenvalue weighted by Crippen LogP contribution is -2.45. The highest BCUT2D eigenvalue weighted by atomic mass is 35.5. The monoisotopic (exact) mass is 414 g/mol. The number of halogens is 1. The number of carbonyl (C=O) groups is 1. The number of benzene rings is 1. The molecular weight excluding hydrogens is 388 g/mol. The minimum Gasteiger partial charge on any atom is -0.338 e. The predicted molar refractivity (Wildman–Crippen MR) is 116 cm³/mol. The van der Waals surface area contributed by atoms with Gasteiger partial charge in [0.15, 0.2) is 0 Å². The zero-order valence-corrected chi connectivity index (χ0v) is 17.8. The molecule has 0 saturated carbocycles. The van der Waals surface area contributed by atoms with E-state index in [1.165, 1.54) is 5.56 Å². The molecule has 0 aliphatic carbocycles. The molecule has 0 bridgehead atoms. The summed E-state index contributed by atoms with van der Waals surface area (Å²) in [6.45, 7) is 7.33. The highest BCUT2D eigenvalue weighted by molar-refractivity contribution is 6.07. The number of amides is 1. The number of fused-ring (bicyclic) bond motifs is 1. The Balaban J connectivity index is 0.00000240. The summed E-state index contributed by atoms with van der Waals surface area (Å²) in [5, 5.41) is 4.75. The van der Waals surface area contributed by atoms with Crippen LogP contribution in [0.25, 0.3) is 22.4 Å². The lowest BCUT2D eigenvalue weighted by molar-refractivity contribution is 0.0663. The van der Waals surface area contributed by atoms with Gasteiger partial charge in [0.25, 0.3) is 11.6 Å². The second-order valence-corrected chi connectivity index (χ2v) is 7.88. The third-order valence-corrected chi connectivity index (χ3v) is 5.68. The van der Waals surface area contributed by atoms with Crippen molar-refractivity contribution in [3.05, 3.63) is 47.2 Å². The molecule has 7 heteroatoms. The average Bonchev–Trinajstić information content (AvgIpc) is 3.08. The van der Waals surface area contributed by atoms with E-state index >= 15 is 0 Å². The summed E-state index contributed by atoms with van der Waals surface area (Å²) in [6.07, 6.45) is 2.04. The van der Waals surface area contributed by atoms with Crippen LogP contribution >= 0.6 is 12.4 Å². The summed E-state index contributed by atoms with van der Waals surface area (Å²) in [7, 11) is 0. The second-order valence-electron chi connectivity index (χ2n) is 7.88. The van der Waals surface area contributed by atoms with Gasteiger partial charge in [-0.05, 0) is 45.6 Å². The van der Waals surface area contributed by atoms with Crippen molar-refractivity contribution in [2.45, 2.75) is 39.7 Å². The van der Waals surface area contributed by atoms with Crippen LogP contribution in [0.3, 0.4) is 0 Å². The molecule has 4 rings (SSSR count). The highest BCUT2D eigenvalue weighted by Gasteiger charge is 2.29. The Labute approximate surface area is 176 Å². The Bertz CT molecular complexity index is 1010. The molecule has 2 N–H and O–H groups in total. The molecule has 154 valence electrons. The summed E-state index contributed by atoms with van der Waals surface area (Å²) in [5.74, 6) is 0.326. The predicted octanol–water partition coefficient (Wildman–Crippen LogP) is 4.13. The van der Waals surface area contributed by atoms with Gasteiger partial charge in [0.1, 0.15) is 0 Å². The molecule has 1 saturated heterocycles. The molecule has 1 aromatic carbocycles. The molecular formula is C22H27ClN4O2. The maximum atomic E-state index is 13.5. The van der Waals surface area contributed by atoms with Crippen LogP contribution in [0.2, 0.25) is 0 Å². The van der Waals surface area contributed by atoms with Gasteiger partial charge in [0.2, 0.25) is 0 Å². The Morgan fingerprint density at radius 3 is 2.69 bits per heavy atom. The molecule has 2 aromatic heterocycles. The zero-order chi connectivity index (χ0) is 19.8. The fraction of sp³-hybridized carbons (Fsp3) is 0.409. The normalized spacial score (nSPS) is 17.8. The number of piperidine rings is 1. The molecule has 6 nitrogen and oxygen atoms in total. The van der Waals surface area contributed by atoms with E-state index in [0.717, 1.165) is 24.9 Å². The van der Waals surface area contributed by atoms with Crippen LogP contribution in [0.5, 0.6) is 0 Å². The van der Waals surface area contributed by atoms with Gasteiger partial charge in [-0.3, -0.25) is 4.79 Å². The van der Waals surface area contributed by atoms with E-state index < -0.39 is 0 Å². The molecule has 0 radical (unpaired) electrons. The summed E-state index contributed by atoms with van der Waals surface area (Å²) >= 11 is 0. The number of hydrogen-bond donors (Lipinski definition) is 1. The van der Waals surface area contributed by atoms with Crippen molar-refractivity contribution >= 4 is 29.4 Å². The quantitative estimate of drug-likeness (QED) is 0.696. The standard InChI is InChI=1S/C22H26N4O2.ClH/c1-13-6-8-16(9-7-13)19-11-18(20-15(3)25-28-21(20)24-19)22(27)26-10-4-5-17(12-26)14(2)23;/h6-9,11,14,17H,4-5,10,12,23H2,1-3H3;1H. The van der Waals surface area contributed by atoms with Gasteiger partial charge in [0, 0.05) is 24.7 Å². The van der Waals surface area contributed by atoms with E-state index in [-0.39, 0.29) is 24.4 Å². The molecule has 1 aliphatic rings. The molecule has 3 aromatic rings. The third-order valence-electron chi connectivity index (χ3n) is 5.68. The molecule has 1 fully saturated rings. The average molecular weight is 415 g/mol. The first-order valence-electron chi connectivity index (χ1n) is 9.83. The number of carbonyl (C=O) groups excluding carboxylic acids is 1. The van der Waals surface area contributed by atoms with Crippen LogP contribution in [0.4, 0.5) is 0 Å². The number of rotatable bonds is 3. The number of pyridine rings is 1. The Hall–Kier alpha value is -2.44. The topological polar surface area (TPSA) is 85.2 Å². The highest BCUT2D eigenvalue weighted by Crippen LogP contribution is 2.29. The van der Waals surface area contributed by atoms with Gasteiger partial charge in [-0.2, -0.15) is 0 Å². The van der Waals surface area contributed by atoms with Gasteiger partial charge < -0.3 is 15.2 Å². The summed E-state index contributed by atoms with van der Waals surface area (Å²) < 4.78 is 5.42. The fourth-order valence-electron chi connectivity index (χ4n) is 3.93. The molecule has 29 heavy (non-hydrogen) atoms. The maximum absolute atomic E-state index is 13.5. The van der Waals surface area contributed by atoms with Crippen LogP contribution in [0.15, 0.2) is 34.9 Å². The maximum Gasteiger partial charge on any atom is 0.259 e. The molecule has 1 amide bonds. The Kier molecular flexibility index (Phi) is 6.24. The number of hydrogen-bond acceptors (Lipinski definition) is 5. The Morgan fingerprint density at radius 1 is 1.28 bits per heavy atom. The van der Waals surface area contributed by atoms with E-state index in [1.807, 2.05) is 56.0 Å². The number of nitrogens with two attached hydrogens (primary N) is 1. The molecule has 0 spiro atoms. The van der Waals surface area contributed by atoms with Crippen LogP contribution in [0, 0.1) is 19.8 Å². The summed E-state index contributed by atoms with van der Waals surface area (Å²) in [4.78, 5) is 20.0. The first-order valence-corrected chi connectivity index (χ1v) is 9.83. The van der Waals surface area contributed by atoms with Gasteiger partial charge >= 0.3 is 0 Å². The van der Waals surface area contributed by atoms with Crippen molar-refractivity contribution in [1.29, 1.82) is 0 Å². The van der Waals surface area contributed by atoms with E-state index in [0.29, 0.717) is 40.5 Å². The van der Waals surface area contributed by atoms with Crippen molar-refractivity contribution in [1.82, 2.24) is 15.0 Å². The summed E-state index contributed by atoms with van der Waals surface area (Å²) in [6, 6.07) is 10.0. The Morgan fingerprint density at radius 2 is 2.00 bits per heavy atom. The second kappa shape index (κ2) is 8.51. The smallest absolute Gasteiger partial charge is 0.259 e. The van der Waals surface area contributed by atoms with Crippen molar-refractivity contribution in [3.63, 3.8) is 0 Å². The minimum atomic E-state index is -0.00240. The SMILES string of the molecule is Cc1ccc(-c2cc(C(=O)N3CCCC(C(C)N)C3)c3c(C)noc3n2)cc1.Cl. The van der Waals surface area contributed by atoms with Crippen LogP contribution in [-0.4, -0.2) is 40.1 Å². The van der Waals surface area contributed by atoms with E-state index in [9.17, 15) is 4.79 Å². The zero-order valence-electron chi connectivity index (χ0n) is 17.0. The number of nitrogens with zero attached hydrogens (tertiary/aromatic N) is 3. The van der Waals surface area contributed by atoms with E-state index in [4.69, 9.17) is 10.3 Å². The molecule has 2 atom stereocenters. The van der Waals surface area contributed by atoms with Crippen molar-refractivity contribution < 1.29 is 9.32 Å². The van der Waals surface area contributed by atoms with Gasteiger partial charge in [-0.15, -0.1) is 12.4 Å². The van der Waals surface area contributed by atoms with Crippen molar-refractivity contribution in [2.24, 2.45) is 11.7 Å². The molecule has 3 heterocycles. The van der Waals surface area contributed by atoms with Crippen molar-refractivity contribution in [2.75, 3.05) is 13.1 Å². The first kappa shape index (κ1) is 21.3. The largest absolute Gasteiger partial charge is 0.338 e. The van der Waals surface area contributed by atoms with Crippen LogP contribution in [-0.2, 0) is 0 Å². The third kappa shape index (κ3) is 4.14. The summed E-state index contributed by atoms with van der Waals surface area (Å²) in [5.41, 5.74) is 10.6. The van der Waals surface area contributed by atoms with Crippen molar-refractivity contribution in [3.8, 4) is 11.3 Å². The van der Waals surface area contributed by atoms with E-state index in [1.54, 1.807) is 0 Å². The van der Waals surface area contributed by atoms with Gasteiger partial charge in [-0.1, -0.05) is 35.0 Å². The number of aromatic nitrogens is 2. The van der Waals surface area contributed by atoms with Gasteiger partial charge in [0.05, 0.1) is 22.3 Å². The van der Waals surface area contributed by atoms with Gasteiger partial charge in [-0.25, -0.2) is 4.98 Å². The van der Waals surface area contributed by atoms with Crippen LogP contribution in [0.1, 0.15) is 41.4 Å². The lowest BCUT2D eigenvalue weighted by Gasteiger charge is -2.34. The van der Waals surface area contributed by atoms with E-state index in [2.05, 4.69) is 10.1 Å². The van der Waals surface area contributed by atoms with Crippen LogP contribution < -0.4 is 5.73 Å². The molecule has 2 unspecified atom stereocenters. The number of aryl methyl sites for hydroxylation is 2. The number of likely N-dealkylation sites (tertiary alicyclic amines) is 1. The fourth-order valence-corrected chi connectivity index (χ4v) is 3.93. The first-order chi connectivity index (χ1) is 13.4. The molecule has 1 aliphatic heterocycles. The minimum absolute atomic E-state index is 0.